The van der Waals surface area contributed by atoms with Crippen molar-refractivity contribution in [2.24, 2.45) is 0 Å². The zero-order valence-electron chi connectivity index (χ0n) is 10.8. The van der Waals surface area contributed by atoms with Crippen molar-refractivity contribution >= 4 is 5.91 Å². The third-order valence-corrected chi connectivity index (χ3v) is 3.60. The number of hydrogen-bond donors (Lipinski definition) is 0. The molecule has 3 rings (SSSR count). The van der Waals surface area contributed by atoms with Gasteiger partial charge in [0, 0.05) is 18.7 Å². The van der Waals surface area contributed by atoms with E-state index in [2.05, 4.69) is 12.1 Å². The Morgan fingerprint density at radius 2 is 2.42 bits per heavy atom. The maximum absolute atomic E-state index is 12.4. The van der Waals surface area contributed by atoms with Crippen LogP contribution in [0, 0.1) is 0 Å². The number of furan rings is 1. The van der Waals surface area contributed by atoms with Gasteiger partial charge in [0.05, 0.1) is 6.26 Å². The second kappa shape index (κ2) is 4.91. The van der Waals surface area contributed by atoms with Gasteiger partial charge in [0.2, 0.25) is 5.76 Å². The van der Waals surface area contributed by atoms with Crippen molar-refractivity contribution in [1.29, 1.82) is 0 Å². The van der Waals surface area contributed by atoms with E-state index in [1.54, 1.807) is 24.5 Å². The monoisotopic (exact) mass is 260 g/mol. The number of carbonyl (C=O) groups excluding carboxylic acids is 1. The van der Waals surface area contributed by atoms with Crippen LogP contribution in [0.2, 0.25) is 0 Å². The second-order valence-electron chi connectivity index (χ2n) is 4.76. The van der Waals surface area contributed by atoms with Gasteiger partial charge in [-0.05, 0) is 31.4 Å². The van der Waals surface area contributed by atoms with E-state index in [9.17, 15) is 4.79 Å². The molecule has 1 atom stereocenters. The predicted molar refractivity (Wildman–Crippen MR) is 68.6 cm³/mol. The molecule has 5 nitrogen and oxygen atoms in total. The molecule has 3 heterocycles. The molecule has 2 aromatic rings. The largest absolute Gasteiger partial charge is 0.461 e. The van der Waals surface area contributed by atoms with Crippen LogP contribution < -0.4 is 0 Å². The minimum absolute atomic E-state index is 0.0501. The number of amides is 1. The fraction of sp³-hybridized carbons (Fsp3) is 0.429. The molecule has 1 aliphatic rings. The lowest BCUT2D eigenvalue weighted by Gasteiger charge is -2.22. The normalized spacial score (nSPS) is 19.0. The van der Waals surface area contributed by atoms with Crippen molar-refractivity contribution in [2.75, 3.05) is 6.54 Å². The summed E-state index contributed by atoms with van der Waals surface area (Å²) in [6, 6.07) is 5.52. The summed E-state index contributed by atoms with van der Waals surface area (Å²) in [7, 11) is 0. The number of hydrogen-bond acceptors (Lipinski definition) is 4. The second-order valence-corrected chi connectivity index (χ2v) is 4.76. The van der Waals surface area contributed by atoms with Crippen LogP contribution >= 0.6 is 0 Å². The van der Waals surface area contributed by atoms with Crippen molar-refractivity contribution in [1.82, 2.24) is 10.1 Å². The van der Waals surface area contributed by atoms with E-state index >= 15 is 0 Å². The molecule has 2 aromatic heterocycles. The zero-order valence-corrected chi connectivity index (χ0v) is 10.8. The van der Waals surface area contributed by atoms with Gasteiger partial charge < -0.3 is 13.8 Å². The predicted octanol–water partition coefficient (Wildman–Crippen LogP) is 2.95. The van der Waals surface area contributed by atoms with Gasteiger partial charge in [0.25, 0.3) is 5.91 Å². The van der Waals surface area contributed by atoms with Crippen LogP contribution in [0.4, 0.5) is 0 Å². The molecule has 1 amide bonds. The van der Waals surface area contributed by atoms with Crippen molar-refractivity contribution in [2.45, 2.75) is 32.2 Å². The Morgan fingerprint density at radius 3 is 3.16 bits per heavy atom. The highest BCUT2D eigenvalue weighted by Gasteiger charge is 2.30. The van der Waals surface area contributed by atoms with Crippen molar-refractivity contribution in [3.8, 4) is 11.5 Å². The molecule has 1 unspecified atom stereocenters. The molecule has 0 saturated carbocycles. The zero-order chi connectivity index (χ0) is 13.2. The standard InChI is InChI=1S/C14H16N2O3/c1-2-10-5-3-7-16(10)14(17)11-9-13(19-15-11)12-6-4-8-18-12/h4,6,8-10H,2-3,5,7H2,1H3. The quantitative estimate of drug-likeness (QED) is 0.851. The summed E-state index contributed by atoms with van der Waals surface area (Å²) in [5, 5.41) is 3.86. The van der Waals surface area contributed by atoms with Crippen LogP contribution in [0.3, 0.4) is 0 Å². The van der Waals surface area contributed by atoms with E-state index in [-0.39, 0.29) is 5.91 Å². The van der Waals surface area contributed by atoms with Crippen LogP contribution in [0.25, 0.3) is 11.5 Å². The summed E-state index contributed by atoms with van der Waals surface area (Å²) < 4.78 is 10.4. The molecule has 1 fully saturated rings. The Kier molecular flexibility index (Phi) is 3.11. The Labute approximate surface area is 111 Å². The number of nitrogens with zero attached hydrogens (tertiary/aromatic N) is 2. The first-order valence-electron chi connectivity index (χ1n) is 6.61. The lowest BCUT2D eigenvalue weighted by Crippen LogP contribution is -2.35. The topological polar surface area (TPSA) is 59.5 Å². The van der Waals surface area contributed by atoms with Gasteiger partial charge in [-0.1, -0.05) is 12.1 Å². The summed E-state index contributed by atoms with van der Waals surface area (Å²) in [4.78, 5) is 14.3. The van der Waals surface area contributed by atoms with Crippen LogP contribution in [-0.2, 0) is 0 Å². The fourth-order valence-corrected chi connectivity index (χ4v) is 2.59. The summed E-state index contributed by atoms with van der Waals surface area (Å²) in [6.45, 7) is 2.91. The molecule has 0 aliphatic carbocycles. The smallest absolute Gasteiger partial charge is 0.276 e. The molecule has 1 saturated heterocycles. The Bertz CT molecular complexity index is 559. The van der Waals surface area contributed by atoms with Crippen molar-refractivity contribution in [3.63, 3.8) is 0 Å². The van der Waals surface area contributed by atoms with E-state index in [1.165, 1.54) is 0 Å². The average Bonchev–Trinajstić information content (AvgIpc) is 3.16. The summed E-state index contributed by atoms with van der Waals surface area (Å²) >= 11 is 0. The summed E-state index contributed by atoms with van der Waals surface area (Å²) in [5.41, 5.74) is 0.353. The van der Waals surface area contributed by atoms with Gasteiger partial charge in [-0.3, -0.25) is 4.79 Å². The van der Waals surface area contributed by atoms with E-state index in [0.29, 0.717) is 23.3 Å². The first-order chi connectivity index (χ1) is 9.29. The maximum atomic E-state index is 12.4. The Hall–Kier alpha value is -2.04. The molecule has 0 aromatic carbocycles. The molecule has 0 spiro atoms. The van der Waals surface area contributed by atoms with Crippen LogP contribution in [0.15, 0.2) is 33.4 Å². The molecule has 0 bridgehead atoms. The van der Waals surface area contributed by atoms with E-state index in [0.717, 1.165) is 25.8 Å². The number of carbonyl (C=O) groups is 1. The van der Waals surface area contributed by atoms with Crippen molar-refractivity contribution in [3.05, 3.63) is 30.2 Å². The summed E-state index contributed by atoms with van der Waals surface area (Å²) in [6.07, 6.45) is 4.68. The molecule has 19 heavy (non-hydrogen) atoms. The molecular formula is C14H16N2O3. The van der Waals surface area contributed by atoms with Gasteiger partial charge >= 0.3 is 0 Å². The number of aromatic nitrogens is 1. The van der Waals surface area contributed by atoms with E-state index in [1.807, 2.05) is 4.90 Å². The minimum Gasteiger partial charge on any atom is -0.461 e. The van der Waals surface area contributed by atoms with Crippen LogP contribution in [0.1, 0.15) is 36.7 Å². The molecule has 0 radical (unpaired) electrons. The molecule has 1 aliphatic heterocycles. The fourth-order valence-electron chi connectivity index (χ4n) is 2.59. The van der Waals surface area contributed by atoms with Gasteiger partial charge in [0.1, 0.15) is 0 Å². The lowest BCUT2D eigenvalue weighted by molar-refractivity contribution is 0.0723. The highest BCUT2D eigenvalue weighted by molar-refractivity contribution is 5.93. The Morgan fingerprint density at radius 1 is 1.53 bits per heavy atom. The lowest BCUT2D eigenvalue weighted by atomic mass is 10.1. The molecule has 100 valence electrons. The molecular weight excluding hydrogens is 244 g/mol. The number of rotatable bonds is 3. The third-order valence-electron chi connectivity index (χ3n) is 3.60. The molecule has 5 heteroatoms. The Balaban J connectivity index is 1.81. The van der Waals surface area contributed by atoms with Gasteiger partial charge in [0.15, 0.2) is 11.5 Å². The van der Waals surface area contributed by atoms with E-state index < -0.39 is 0 Å². The molecule has 0 N–H and O–H groups in total. The van der Waals surface area contributed by atoms with Gasteiger partial charge in [-0.2, -0.15) is 0 Å². The SMILES string of the molecule is CCC1CCCN1C(=O)c1cc(-c2ccco2)on1. The van der Waals surface area contributed by atoms with Gasteiger partial charge in [-0.25, -0.2) is 0 Å². The third kappa shape index (κ3) is 2.16. The van der Waals surface area contributed by atoms with Gasteiger partial charge in [-0.15, -0.1) is 0 Å². The van der Waals surface area contributed by atoms with Crippen molar-refractivity contribution < 1.29 is 13.7 Å². The van der Waals surface area contributed by atoms with Crippen LogP contribution in [-0.4, -0.2) is 28.6 Å². The minimum atomic E-state index is -0.0501. The first-order valence-corrected chi connectivity index (χ1v) is 6.61. The highest BCUT2D eigenvalue weighted by atomic mass is 16.5. The average molecular weight is 260 g/mol. The van der Waals surface area contributed by atoms with Crippen LogP contribution in [0.5, 0.6) is 0 Å². The first kappa shape index (κ1) is 12.0. The highest BCUT2D eigenvalue weighted by Crippen LogP contribution is 2.25. The maximum Gasteiger partial charge on any atom is 0.276 e. The number of likely N-dealkylation sites (tertiary alicyclic amines) is 1. The summed E-state index contributed by atoms with van der Waals surface area (Å²) in [5.74, 6) is 1.02. The van der Waals surface area contributed by atoms with E-state index in [4.69, 9.17) is 8.94 Å².